The number of anilines is 1. The molecule has 7 heteroatoms. The Bertz CT molecular complexity index is 591. The van der Waals surface area contributed by atoms with Crippen molar-refractivity contribution >= 4 is 11.7 Å². The van der Waals surface area contributed by atoms with Gasteiger partial charge in [-0.15, -0.1) is 0 Å². The summed E-state index contributed by atoms with van der Waals surface area (Å²) in [5.74, 6) is 0.534. The monoisotopic (exact) mass is 335 g/mol. The Labute approximate surface area is 143 Å². The maximum absolute atomic E-state index is 12.0. The number of amides is 2. The first-order valence-electron chi connectivity index (χ1n) is 8.52. The number of hydrogen-bond donors (Lipinski definition) is 2. The second-order valence-electron chi connectivity index (χ2n) is 6.79. The van der Waals surface area contributed by atoms with Gasteiger partial charge in [-0.3, -0.25) is 4.79 Å². The Balaban J connectivity index is 1.67. The third-order valence-electron chi connectivity index (χ3n) is 4.47. The Morgan fingerprint density at radius 2 is 2.00 bits per heavy atom. The first-order chi connectivity index (χ1) is 11.4. The smallest absolute Gasteiger partial charge is 0.319 e. The highest BCUT2D eigenvalue weighted by atomic mass is 16.2. The van der Waals surface area contributed by atoms with Crippen LogP contribution in [-0.4, -0.2) is 67.2 Å². The van der Waals surface area contributed by atoms with E-state index in [0.29, 0.717) is 18.2 Å². The number of piperidine rings is 1. The maximum atomic E-state index is 12.0. The number of hydrogen-bond acceptors (Lipinski definition) is 4. The average molecular weight is 335 g/mol. The summed E-state index contributed by atoms with van der Waals surface area (Å²) in [6.07, 6.45) is 3.85. The highest BCUT2D eigenvalue weighted by Crippen LogP contribution is 2.16. The summed E-state index contributed by atoms with van der Waals surface area (Å²) in [4.78, 5) is 28.0. The van der Waals surface area contributed by atoms with Crippen molar-refractivity contribution in [2.24, 2.45) is 13.0 Å². The maximum Gasteiger partial charge on any atom is 0.319 e. The molecule has 1 saturated heterocycles. The Hall–Kier alpha value is -1.86. The van der Waals surface area contributed by atoms with Crippen LogP contribution in [0.3, 0.4) is 0 Å². The second kappa shape index (κ2) is 8.84. The molecular weight excluding hydrogens is 306 g/mol. The third-order valence-corrected chi connectivity index (χ3v) is 4.47. The number of aryl methyl sites for hydroxylation is 1. The van der Waals surface area contributed by atoms with Gasteiger partial charge in [-0.1, -0.05) is 0 Å². The van der Waals surface area contributed by atoms with Crippen LogP contribution in [0.4, 0.5) is 10.5 Å². The quantitative estimate of drug-likeness (QED) is 0.806. The Morgan fingerprint density at radius 1 is 1.29 bits per heavy atom. The number of nitrogens with one attached hydrogen (secondary N) is 2. The lowest BCUT2D eigenvalue weighted by Crippen LogP contribution is -2.41. The van der Waals surface area contributed by atoms with E-state index in [9.17, 15) is 9.59 Å². The number of pyridine rings is 1. The molecule has 1 aliphatic heterocycles. The van der Waals surface area contributed by atoms with Crippen LogP contribution in [0.1, 0.15) is 12.8 Å². The van der Waals surface area contributed by atoms with E-state index in [1.54, 1.807) is 19.3 Å². The fourth-order valence-electron chi connectivity index (χ4n) is 2.84. The molecule has 2 rings (SSSR count). The lowest BCUT2D eigenvalue weighted by atomic mass is 9.97. The van der Waals surface area contributed by atoms with Crippen LogP contribution in [0.15, 0.2) is 23.1 Å². The molecule has 2 amide bonds. The normalized spacial score (nSPS) is 16.3. The van der Waals surface area contributed by atoms with Gasteiger partial charge in [-0.25, -0.2) is 4.79 Å². The van der Waals surface area contributed by atoms with Crippen molar-refractivity contribution in [3.63, 3.8) is 0 Å². The average Bonchev–Trinajstić information content (AvgIpc) is 2.55. The number of likely N-dealkylation sites (N-methyl/N-ethyl adjacent to an activating group) is 1. The standard InChI is InChI=1S/C17H29N5O2/c1-20(2)10-11-22-8-6-14(7-9-22)12-18-17(24)19-15-4-5-16(23)21(3)13-15/h4-5,13-14H,6-12H2,1-3H3,(H2,18,19,24). The number of nitrogens with zero attached hydrogens (tertiary/aromatic N) is 3. The van der Waals surface area contributed by atoms with Gasteiger partial charge in [0, 0.05) is 38.9 Å². The van der Waals surface area contributed by atoms with Gasteiger partial charge in [0.15, 0.2) is 0 Å². The molecule has 1 fully saturated rings. The highest BCUT2D eigenvalue weighted by molar-refractivity contribution is 5.88. The molecule has 0 unspecified atom stereocenters. The summed E-state index contributed by atoms with van der Waals surface area (Å²) < 4.78 is 1.44. The van der Waals surface area contributed by atoms with Gasteiger partial charge in [0.2, 0.25) is 5.56 Å². The van der Waals surface area contributed by atoms with Crippen LogP contribution in [-0.2, 0) is 7.05 Å². The summed E-state index contributed by atoms with van der Waals surface area (Å²) in [6, 6.07) is 2.84. The molecule has 2 heterocycles. The van der Waals surface area contributed by atoms with Crippen molar-refractivity contribution in [3.05, 3.63) is 28.7 Å². The fourth-order valence-corrected chi connectivity index (χ4v) is 2.84. The van der Waals surface area contributed by atoms with Crippen molar-refractivity contribution in [3.8, 4) is 0 Å². The fraction of sp³-hybridized carbons (Fsp3) is 0.647. The lowest BCUT2D eigenvalue weighted by Gasteiger charge is -2.32. The van der Waals surface area contributed by atoms with E-state index in [1.807, 2.05) is 0 Å². The topological polar surface area (TPSA) is 69.6 Å². The summed E-state index contributed by atoms with van der Waals surface area (Å²) >= 11 is 0. The minimum atomic E-state index is -0.219. The minimum Gasteiger partial charge on any atom is -0.338 e. The zero-order valence-corrected chi connectivity index (χ0v) is 14.9. The molecule has 1 aliphatic rings. The van der Waals surface area contributed by atoms with Crippen molar-refractivity contribution in [2.45, 2.75) is 12.8 Å². The Morgan fingerprint density at radius 3 is 2.62 bits per heavy atom. The molecule has 7 nitrogen and oxygen atoms in total. The summed E-state index contributed by atoms with van der Waals surface area (Å²) in [7, 11) is 5.86. The second-order valence-corrected chi connectivity index (χ2v) is 6.79. The zero-order chi connectivity index (χ0) is 17.5. The van der Waals surface area contributed by atoms with Crippen molar-refractivity contribution < 1.29 is 4.79 Å². The molecule has 0 radical (unpaired) electrons. The number of rotatable bonds is 6. The van der Waals surface area contributed by atoms with Crippen LogP contribution >= 0.6 is 0 Å². The predicted octanol–water partition coefficient (Wildman–Crippen LogP) is 0.780. The van der Waals surface area contributed by atoms with Gasteiger partial charge in [0.1, 0.15) is 0 Å². The van der Waals surface area contributed by atoms with Crippen molar-refractivity contribution in [2.75, 3.05) is 52.1 Å². The lowest BCUT2D eigenvalue weighted by molar-refractivity contribution is 0.169. The molecule has 1 aromatic heterocycles. The molecule has 0 spiro atoms. The van der Waals surface area contributed by atoms with Crippen LogP contribution in [0.2, 0.25) is 0 Å². The van der Waals surface area contributed by atoms with Crippen LogP contribution in [0, 0.1) is 5.92 Å². The van der Waals surface area contributed by atoms with Crippen molar-refractivity contribution in [1.29, 1.82) is 0 Å². The van der Waals surface area contributed by atoms with E-state index >= 15 is 0 Å². The third kappa shape index (κ3) is 5.98. The first kappa shape index (κ1) is 18.5. The largest absolute Gasteiger partial charge is 0.338 e. The van der Waals surface area contributed by atoms with E-state index in [-0.39, 0.29) is 11.6 Å². The summed E-state index contributed by atoms with van der Waals surface area (Å²) in [5, 5.41) is 5.70. The Kier molecular flexibility index (Phi) is 6.81. The molecule has 0 aromatic carbocycles. The molecule has 0 atom stereocenters. The molecule has 2 N–H and O–H groups in total. The van der Waals surface area contributed by atoms with Crippen LogP contribution < -0.4 is 16.2 Å². The van der Waals surface area contributed by atoms with E-state index in [1.165, 1.54) is 10.6 Å². The minimum absolute atomic E-state index is 0.0954. The van der Waals surface area contributed by atoms with Gasteiger partial charge in [-0.05, 0) is 52.0 Å². The molecule has 1 aromatic rings. The van der Waals surface area contributed by atoms with E-state index < -0.39 is 0 Å². The number of likely N-dealkylation sites (tertiary alicyclic amines) is 1. The predicted molar refractivity (Wildman–Crippen MR) is 96.4 cm³/mol. The van der Waals surface area contributed by atoms with E-state index in [0.717, 1.165) is 39.0 Å². The zero-order valence-electron chi connectivity index (χ0n) is 14.9. The van der Waals surface area contributed by atoms with E-state index in [4.69, 9.17) is 0 Å². The summed E-state index contributed by atoms with van der Waals surface area (Å²) in [6.45, 7) is 5.09. The van der Waals surface area contributed by atoms with Gasteiger partial charge in [0.05, 0.1) is 5.69 Å². The summed E-state index contributed by atoms with van der Waals surface area (Å²) in [5.41, 5.74) is 0.523. The number of carbonyl (C=O) groups is 1. The van der Waals surface area contributed by atoms with Gasteiger partial charge >= 0.3 is 6.03 Å². The van der Waals surface area contributed by atoms with Gasteiger partial charge in [-0.2, -0.15) is 0 Å². The molecular formula is C17H29N5O2. The SMILES string of the molecule is CN(C)CCN1CCC(CNC(=O)Nc2ccc(=O)n(C)c2)CC1. The van der Waals surface area contributed by atoms with Gasteiger partial charge < -0.3 is 25.0 Å². The number of aromatic nitrogens is 1. The van der Waals surface area contributed by atoms with Crippen LogP contribution in [0.25, 0.3) is 0 Å². The van der Waals surface area contributed by atoms with Crippen LogP contribution in [0.5, 0.6) is 0 Å². The first-order valence-corrected chi connectivity index (χ1v) is 8.52. The molecule has 134 valence electrons. The van der Waals surface area contributed by atoms with Crippen molar-refractivity contribution in [1.82, 2.24) is 19.7 Å². The molecule has 0 saturated carbocycles. The molecule has 24 heavy (non-hydrogen) atoms. The number of carbonyl (C=O) groups excluding carboxylic acids is 1. The van der Waals surface area contributed by atoms with E-state index in [2.05, 4.69) is 34.5 Å². The number of urea groups is 1. The molecule has 0 bridgehead atoms. The highest BCUT2D eigenvalue weighted by Gasteiger charge is 2.19. The molecule has 0 aliphatic carbocycles. The van der Waals surface area contributed by atoms with Gasteiger partial charge in [0.25, 0.3) is 0 Å².